The molecule has 0 spiro atoms. The van der Waals surface area contributed by atoms with Gasteiger partial charge in [-0.05, 0) is 17.7 Å². The summed E-state index contributed by atoms with van der Waals surface area (Å²) in [6, 6.07) is 5.81. The second-order valence-corrected chi connectivity index (χ2v) is 4.38. The van der Waals surface area contributed by atoms with E-state index in [0.717, 1.165) is 30.8 Å². The van der Waals surface area contributed by atoms with E-state index >= 15 is 0 Å². The van der Waals surface area contributed by atoms with Crippen molar-refractivity contribution in [2.45, 2.75) is 13.0 Å². The predicted octanol–water partition coefficient (Wildman–Crippen LogP) is 2.40. The van der Waals surface area contributed by atoms with Crippen molar-refractivity contribution in [3.05, 3.63) is 47.0 Å². The van der Waals surface area contributed by atoms with Crippen molar-refractivity contribution in [3.63, 3.8) is 0 Å². The Labute approximate surface area is 111 Å². The van der Waals surface area contributed by atoms with Crippen molar-refractivity contribution in [1.82, 2.24) is 15.3 Å². The second kappa shape index (κ2) is 6.42. The first-order chi connectivity index (χ1) is 8.79. The molecule has 0 bridgehead atoms. The molecule has 0 aliphatic rings. The summed E-state index contributed by atoms with van der Waals surface area (Å²) in [5.74, 6) is 0.706. The summed E-state index contributed by atoms with van der Waals surface area (Å²) >= 11 is 6.06. The third-order valence-corrected chi connectivity index (χ3v) is 2.97. The average Bonchev–Trinajstić information content (AvgIpc) is 2.88. The van der Waals surface area contributed by atoms with Crippen molar-refractivity contribution < 1.29 is 4.74 Å². The van der Waals surface area contributed by atoms with Crippen LogP contribution in [-0.2, 0) is 13.0 Å². The molecule has 4 nitrogen and oxygen atoms in total. The Morgan fingerprint density at radius 3 is 3.00 bits per heavy atom. The maximum Gasteiger partial charge on any atom is 0.137 e. The molecular weight excluding hydrogens is 250 g/mol. The predicted molar refractivity (Wildman–Crippen MR) is 72.0 cm³/mol. The van der Waals surface area contributed by atoms with Crippen molar-refractivity contribution in [2.24, 2.45) is 0 Å². The van der Waals surface area contributed by atoms with Crippen LogP contribution < -0.4 is 10.1 Å². The molecule has 0 saturated heterocycles. The molecule has 0 aliphatic carbocycles. The van der Waals surface area contributed by atoms with Crippen molar-refractivity contribution >= 4 is 11.6 Å². The lowest BCUT2D eigenvalue weighted by atomic mass is 10.2. The van der Waals surface area contributed by atoms with Crippen LogP contribution >= 0.6 is 11.6 Å². The summed E-state index contributed by atoms with van der Waals surface area (Å²) in [5, 5.41) is 4.00. The molecule has 0 radical (unpaired) electrons. The zero-order valence-electron chi connectivity index (χ0n) is 10.2. The molecule has 96 valence electrons. The van der Waals surface area contributed by atoms with E-state index in [1.807, 2.05) is 24.4 Å². The van der Waals surface area contributed by atoms with Gasteiger partial charge in [0.2, 0.25) is 0 Å². The Balaban J connectivity index is 1.78. The average molecular weight is 266 g/mol. The van der Waals surface area contributed by atoms with Crippen LogP contribution in [0.3, 0.4) is 0 Å². The lowest BCUT2D eigenvalue weighted by molar-refractivity contribution is 0.415. The van der Waals surface area contributed by atoms with Gasteiger partial charge in [-0.15, -0.1) is 0 Å². The van der Waals surface area contributed by atoms with Gasteiger partial charge in [-0.2, -0.15) is 0 Å². The molecule has 1 heterocycles. The number of H-pyrrole nitrogens is 1. The van der Waals surface area contributed by atoms with Gasteiger partial charge < -0.3 is 15.0 Å². The molecule has 1 aromatic carbocycles. The quantitative estimate of drug-likeness (QED) is 0.789. The molecule has 0 saturated carbocycles. The van der Waals surface area contributed by atoms with E-state index in [-0.39, 0.29) is 0 Å². The van der Waals surface area contributed by atoms with Crippen molar-refractivity contribution in [3.8, 4) is 5.75 Å². The summed E-state index contributed by atoms with van der Waals surface area (Å²) in [5.41, 5.74) is 2.28. The number of imidazole rings is 1. The van der Waals surface area contributed by atoms with Gasteiger partial charge in [0.25, 0.3) is 0 Å². The molecular formula is C13H16ClN3O. The Morgan fingerprint density at radius 1 is 1.44 bits per heavy atom. The standard InChI is InChI=1S/C13H16ClN3O/c1-18-13-3-2-10(6-12(13)14)7-15-5-4-11-8-16-9-17-11/h2-3,6,8-9,15H,4-5,7H2,1H3,(H,16,17). The summed E-state index contributed by atoms with van der Waals surface area (Å²) < 4.78 is 5.11. The molecule has 2 rings (SSSR count). The molecule has 0 fully saturated rings. The van der Waals surface area contributed by atoms with E-state index < -0.39 is 0 Å². The van der Waals surface area contributed by atoms with E-state index in [1.165, 1.54) is 0 Å². The van der Waals surface area contributed by atoms with Gasteiger partial charge in [-0.25, -0.2) is 4.98 Å². The Kier molecular flexibility index (Phi) is 4.61. The van der Waals surface area contributed by atoms with Crippen LogP contribution in [0.25, 0.3) is 0 Å². The highest BCUT2D eigenvalue weighted by molar-refractivity contribution is 6.32. The Hall–Kier alpha value is -1.52. The number of nitrogens with zero attached hydrogens (tertiary/aromatic N) is 1. The molecule has 18 heavy (non-hydrogen) atoms. The third-order valence-electron chi connectivity index (χ3n) is 2.67. The smallest absolute Gasteiger partial charge is 0.137 e. The highest BCUT2D eigenvalue weighted by Crippen LogP contribution is 2.24. The van der Waals surface area contributed by atoms with Gasteiger partial charge in [-0.1, -0.05) is 17.7 Å². The van der Waals surface area contributed by atoms with Crippen LogP contribution in [0.1, 0.15) is 11.3 Å². The first-order valence-corrected chi connectivity index (χ1v) is 6.18. The van der Waals surface area contributed by atoms with Gasteiger partial charge in [0.05, 0.1) is 18.5 Å². The molecule has 0 atom stereocenters. The number of aromatic nitrogens is 2. The molecule has 1 aromatic heterocycles. The lowest BCUT2D eigenvalue weighted by Gasteiger charge is -2.07. The van der Waals surface area contributed by atoms with Crippen LogP contribution in [0.5, 0.6) is 5.75 Å². The van der Waals surface area contributed by atoms with Gasteiger partial charge in [0, 0.05) is 31.4 Å². The number of hydrogen-bond donors (Lipinski definition) is 2. The first-order valence-electron chi connectivity index (χ1n) is 5.80. The number of methoxy groups -OCH3 is 1. The van der Waals surface area contributed by atoms with Gasteiger partial charge in [0.15, 0.2) is 0 Å². The number of hydrogen-bond acceptors (Lipinski definition) is 3. The number of rotatable bonds is 6. The number of halogens is 1. The molecule has 0 unspecified atom stereocenters. The lowest BCUT2D eigenvalue weighted by Crippen LogP contribution is -2.16. The maximum absolute atomic E-state index is 6.06. The summed E-state index contributed by atoms with van der Waals surface area (Å²) in [6.45, 7) is 1.68. The largest absolute Gasteiger partial charge is 0.495 e. The van der Waals surface area contributed by atoms with E-state index in [2.05, 4.69) is 15.3 Å². The minimum absolute atomic E-state index is 0.644. The monoisotopic (exact) mass is 265 g/mol. The van der Waals surface area contributed by atoms with Crippen LogP contribution in [0.4, 0.5) is 0 Å². The van der Waals surface area contributed by atoms with E-state index in [4.69, 9.17) is 16.3 Å². The molecule has 0 amide bonds. The fraction of sp³-hybridized carbons (Fsp3) is 0.308. The molecule has 2 aromatic rings. The number of benzene rings is 1. The van der Waals surface area contributed by atoms with Crippen LogP contribution in [0.2, 0.25) is 5.02 Å². The minimum Gasteiger partial charge on any atom is -0.495 e. The summed E-state index contributed by atoms with van der Waals surface area (Å²) in [6.07, 6.45) is 4.47. The van der Waals surface area contributed by atoms with Crippen molar-refractivity contribution in [1.29, 1.82) is 0 Å². The zero-order valence-corrected chi connectivity index (χ0v) is 11.0. The zero-order chi connectivity index (χ0) is 12.8. The Morgan fingerprint density at radius 2 is 2.33 bits per heavy atom. The maximum atomic E-state index is 6.06. The Bertz CT molecular complexity index is 485. The molecule has 0 aliphatic heterocycles. The summed E-state index contributed by atoms with van der Waals surface area (Å²) in [7, 11) is 1.61. The van der Waals surface area contributed by atoms with E-state index in [9.17, 15) is 0 Å². The van der Waals surface area contributed by atoms with Crippen LogP contribution in [0.15, 0.2) is 30.7 Å². The van der Waals surface area contributed by atoms with Gasteiger partial charge >= 0.3 is 0 Å². The van der Waals surface area contributed by atoms with Crippen LogP contribution in [0, 0.1) is 0 Å². The summed E-state index contributed by atoms with van der Waals surface area (Å²) in [4.78, 5) is 7.05. The number of nitrogens with one attached hydrogen (secondary N) is 2. The third kappa shape index (κ3) is 3.48. The second-order valence-electron chi connectivity index (χ2n) is 3.97. The number of ether oxygens (including phenoxy) is 1. The highest BCUT2D eigenvalue weighted by atomic mass is 35.5. The van der Waals surface area contributed by atoms with Crippen LogP contribution in [-0.4, -0.2) is 23.6 Å². The van der Waals surface area contributed by atoms with Crippen molar-refractivity contribution in [2.75, 3.05) is 13.7 Å². The minimum atomic E-state index is 0.644. The molecule has 2 N–H and O–H groups in total. The van der Waals surface area contributed by atoms with E-state index in [1.54, 1.807) is 13.4 Å². The first kappa shape index (κ1) is 12.9. The van der Waals surface area contributed by atoms with Gasteiger partial charge in [-0.3, -0.25) is 0 Å². The SMILES string of the molecule is COc1ccc(CNCCc2cnc[nH]2)cc1Cl. The topological polar surface area (TPSA) is 49.9 Å². The van der Waals surface area contributed by atoms with Gasteiger partial charge in [0.1, 0.15) is 5.75 Å². The highest BCUT2D eigenvalue weighted by Gasteiger charge is 2.01. The fourth-order valence-electron chi connectivity index (χ4n) is 1.70. The van der Waals surface area contributed by atoms with E-state index in [0.29, 0.717) is 10.8 Å². The molecule has 5 heteroatoms. The fourth-order valence-corrected chi connectivity index (χ4v) is 1.98. The normalized spacial score (nSPS) is 10.6. The number of aromatic amines is 1.